The minimum absolute atomic E-state index is 0.143. The summed E-state index contributed by atoms with van der Waals surface area (Å²) in [6, 6.07) is 7.27. The molecule has 2 rings (SSSR count). The molecule has 0 aromatic heterocycles. The Kier molecular flexibility index (Phi) is 5.33. The van der Waals surface area contributed by atoms with E-state index < -0.39 is 11.9 Å². The minimum atomic E-state index is -0.930. The van der Waals surface area contributed by atoms with Crippen molar-refractivity contribution < 1.29 is 19.8 Å². The second kappa shape index (κ2) is 7.22. The van der Waals surface area contributed by atoms with Gasteiger partial charge in [0.15, 0.2) is 0 Å². The standard InChI is InChI=1S/C16H21NO4/c18-15(19)9-10-17(14-3-1-2-4-14)11-12-5-7-13(8-6-12)16(20)21/h5-8,14H,1-4,9-11H2,(H,18,19)(H,20,21). The van der Waals surface area contributed by atoms with Gasteiger partial charge in [-0.2, -0.15) is 0 Å². The number of aliphatic carboxylic acids is 1. The van der Waals surface area contributed by atoms with Crippen LogP contribution in [0.25, 0.3) is 0 Å². The Balaban J connectivity index is 2.02. The van der Waals surface area contributed by atoms with Gasteiger partial charge in [0.1, 0.15) is 0 Å². The molecule has 0 aliphatic heterocycles. The number of hydrogen-bond donors (Lipinski definition) is 2. The normalized spacial score (nSPS) is 15.5. The third-order valence-electron chi connectivity index (χ3n) is 4.04. The first kappa shape index (κ1) is 15.5. The van der Waals surface area contributed by atoms with Crippen LogP contribution in [0.15, 0.2) is 24.3 Å². The van der Waals surface area contributed by atoms with Crippen LogP contribution in [0.4, 0.5) is 0 Å². The first-order valence-electron chi connectivity index (χ1n) is 7.34. The minimum Gasteiger partial charge on any atom is -0.481 e. The molecule has 114 valence electrons. The molecule has 1 fully saturated rings. The van der Waals surface area contributed by atoms with Crippen molar-refractivity contribution in [3.8, 4) is 0 Å². The number of carboxylic acids is 2. The fraction of sp³-hybridized carbons (Fsp3) is 0.500. The maximum Gasteiger partial charge on any atom is 0.335 e. The Morgan fingerprint density at radius 1 is 1.10 bits per heavy atom. The molecule has 1 aliphatic carbocycles. The van der Waals surface area contributed by atoms with Gasteiger partial charge in [0.25, 0.3) is 0 Å². The first-order chi connectivity index (χ1) is 10.1. The molecule has 0 unspecified atom stereocenters. The fourth-order valence-electron chi connectivity index (χ4n) is 2.89. The zero-order valence-corrected chi connectivity index (χ0v) is 12.0. The Morgan fingerprint density at radius 2 is 1.71 bits per heavy atom. The van der Waals surface area contributed by atoms with Crippen molar-refractivity contribution >= 4 is 11.9 Å². The Hall–Kier alpha value is -1.88. The second-order valence-corrected chi connectivity index (χ2v) is 5.55. The molecule has 21 heavy (non-hydrogen) atoms. The summed E-state index contributed by atoms with van der Waals surface area (Å²) in [5, 5.41) is 17.8. The van der Waals surface area contributed by atoms with E-state index in [1.54, 1.807) is 12.1 Å². The second-order valence-electron chi connectivity index (χ2n) is 5.55. The number of rotatable bonds is 7. The van der Waals surface area contributed by atoms with E-state index in [1.165, 1.54) is 12.8 Å². The van der Waals surface area contributed by atoms with E-state index in [1.807, 2.05) is 12.1 Å². The molecule has 0 radical (unpaired) electrons. The molecule has 1 saturated carbocycles. The summed E-state index contributed by atoms with van der Waals surface area (Å²) in [6.45, 7) is 1.22. The third kappa shape index (κ3) is 4.56. The van der Waals surface area contributed by atoms with E-state index >= 15 is 0 Å². The molecule has 0 spiro atoms. The average Bonchev–Trinajstić information content (AvgIpc) is 2.97. The maximum absolute atomic E-state index is 10.8. The summed E-state index contributed by atoms with van der Waals surface area (Å²) in [6.07, 6.45) is 4.78. The smallest absolute Gasteiger partial charge is 0.335 e. The summed E-state index contributed by atoms with van der Waals surface area (Å²) < 4.78 is 0. The maximum atomic E-state index is 10.8. The molecule has 5 heteroatoms. The topological polar surface area (TPSA) is 77.8 Å². The molecule has 1 aliphatic rings. The fourth-order valence-corrected chi connectivity index (χ4v) is 2.89. The Morgan fingerprint density at radius 3 is 2.24 bits per heavy atom. The monoisotopic (exact) mass is 291 g/mol. The van der Waals surface area contributed by atoms with Gasteiger partial charge in [0.2, 0.25) is 0 Å². The van der Waals surface area contributed by atoms with Crippen molar-refractivity contribution in [1.82, 2.24) is 4.90 Å². The summed E-state index contributed by atoms with van der Waals surface area (Å²) in [5.41, 5.74) is 1.30. The van der Waals surface area contributed by atoms with E-state index in [2.05, 4.69) is 4.90 Å². The Bertz CT molecular complexity index is 492. The van der Waals surface area contributed by atoms with Gasteiger partial charge in [-0.3, -0.25) is 9.69 Å². The zero-order chi connectivity index (χ0) is 15.2. The highest BCUT2D eigenvalue weighted by Gasteiger charge is 2.23. The van der Waals surface area contributed by atoms with Crippen molar-refractivity contribution in [2.24, 2.45) is 0 Å². The molecule has 0 amide bonds. The molecule has 1 aromatic rings. The van der Waals surface area contributed by atoms with Gasteiger partial charge >= 0.3 is 11.9 Å². The van der Waals surface area contributed by atoms with Crippen LogP contribution in [-0.2, 0) is 11.3 Å². The van der Waals surface area contributed by atoms with Crippen LogP contribution in [0.5, 0.6) is 0 Å². The molecule has 0 heterocycles. The quantitative estimate of drug-likeness (QED) is 0.807. The largest absolute Gasteiger partial charge is 0.481 e. The molecule has 0 saturated heterocycles. The predicted molar refractivity (Wildman–Crippen MR) is 78.3 cm³/mol. The van der Waals surface area contributed by atoms with Crippen LogP contribution in [0, 0.1) is 0 Å². The molecular weight excluding hydrogens is 270 g/mol. The van der Waals surface area contributed by atoms with E-state index in [9.17, 15) is 9.59 Å². The lowest BCUT2D eigenvalue weighted by atomic mass is 10.1. The van der Waals surface area contributed by atoms with Gasteiger partial charge in [0, 0.05) is 19.1 Å². The van der Waals surface area contributed by atoms with Crippen molar-refractivity contribution in [3.63, 3.8) is 0 Å². The molecule has 2 N–H and O–H groups in total. The summed E-state index contributed by atoms with van der Waals surface area (Å²) in [7, 11) is 0. The van der Waals surface area contributed by atoms with Crippen LogP contribution in [0.3, 0.4) is 0 Å². The van der Waals surface area contributed by atoms with Crippen LogP contribution in [0.2, 0.25) is 0 Å². The summed E-state index contributed by atoms with van der Waals surface area (Å²) in [4.78, 5) is 23.9. The number of hydrogen-bond acceptors (Lipinski definition) is 3. The molecule has 0 bridgehead atoms. The van der Waals surface area contributed by atoms with E-state index in [-0.39, 0.29) is 12.0 Å². The molecule has 0 atom stereocenters. The van der Waals surface area contributed by atoms with Crippen molar-refractivity contribution in [2.75, 3.05) is 6.54 Å². The SMILES string of the molecule is O=C(O)CCN(Cc1ccc(C(=O)O)cc1)C1CCCC1. The van der Waals surface area contributed by atoms with Crippen LogP contribution >= 0.6 is 0 Å². The summed E-state index contributed by atoms with van der Waals surface area (Å²) >= 11 is 0. The summed E-state index contributed by atoms with van der Waals surface area (Å²) in [5.74, 6) is -1.71. The highest BCUT2D eigenvalue weighted by Crippen LogP contribution is 2.25. The molecule has 1 aromatic carbocycles. The number of nitrogens with zero attached hydrogens (tertiary/aromatic N) is 1. The van der Waals surface area contributed by atoms with Gasteiger partial charge < -0.3 is 10.2 Å². The van der Waals surface area contributed by atoms with Gasteiger partial charge in [-0.05, 0) is 30.5 Å². The molecular formula is C16H21NO4. The van der Waals surface area contributed by atoms with E-state index in [0.717, 1.165) is 18.4 Å². The van der Waals surface area contributed by atoms with Crippen molar-refractivity contribution in [3.05, 3.63) is 35.4 Å². The molecule has 5 nitrogen and oxygen atoms in total. The first-order valence-corrected chi connectivity index (χ1v) is 7.34. The number of benzene rings is 1. The van der Waals surface area contributed by atoms with Crippen LogP contribution in [0.1, 0.15) is 48.0 Å². The van der Waals surface area contributed by atoms with Crippen LogP contribution in [-0.4, -0.2) is 39.6 Å². The van der Waals surface area contributed by atoms with E-state index in [0.29, 0.717) is 19.1 Å². The van der Waals surface area contributed by atoms with Gasteiger partial charge in [-0.15, -0.1) is 0 Å². The third-order valence-corrected chi connectivity index (χ3v) is 4.04. The predicted octanol–water partition coefficient (Wildman–Crippen LogP) is 2.60. The average molecular weight is 291 g/mol. The number of carbonyl (C=O) groups is 2. The lowest BCUT2D eigenvalue weighted by molar-refractivity contribution is -0.137. The van der Waals surface area contributed by atoms with Crippen molar-refractivity contribution in [2.45, 2.75) is 44.7 Å². The zero-order valence-electron chi connectivity index (χ0n) is 12.0. The van der Waals surface area contributed by atoms with Gasteiger partial charge in [0.05, 0.1) is 12.0 Å². The van der Waals surface area contributed by atoms with Crippen molar-refractivity contribution in [1.29, 1.82) is 0 Å². The lowest BCUT2D eigenvalue weighted by Gasteiger charge is -2.28. The van der Waals surface area contributed by atoms with Gasteiger partial charge in [-0.25, -0.2) is 4.79 Å². The number of aromatic carboxylic acids is 1. The van der Waals surface area contributed by atoms with E-state index in [4.69, 9.17) is 10.2 Å². The Labute approximate surface area is 124 Å². The highest BCUT2D eigenvalue weighted by molar-refractivity contribution is 5.87. The van der Waals surface area contributed by atoms with Gasteiger partial charge in [-0.1, -0.05) is 25.0 Å². The van der Waals surface area contributed by atoms with Crippen LogP contribution < -0.4 is 0 Å². The number of carboxylic acid groups (broad SMARTS) is 2. The highest BCUT2D eigenvalue weighted by atomic mass is 16.4. The lowest BCUT2D eigenvalue weighted by Crippen LogP contribution is -2.34.